The largest absolute Gasteiger partial charge is 0.224 e. The van der Waals surface area contributed by atoms with Crippen molar-refractivity contribution in [1.29, 1.82) is 10.5 Å². The lowest BCUT2D eigenvalue weighted by molar-refractivity contribution is -0.682. The fourth-order valence-electron chi connectivity index (χ4n) is 0.679. The molecule has 1 aromatic rings. The van der Waals surface area contributed by atoms with Crippen LogP contribution in [0.15, 0.2) is 28.7 Å². The number of aromatic nitrogens is 1. The summed E-state index contributed by atoms with van der Waals surface area (Å²) in [6.45, 7) is 0.583. The van der Waals surface area contributed by atoms with Gasteiger partial charge in [-0.2, -0.15) is 15.1 Å². The first-order valence-electron chi connectivity index (χ1n) is 3.28. The maximum atomic E-state index is 8.41. The number of hydrogen-bond donors (Lipinski definition) is 0. The summed E-state index contributed by atoms with van der Waals surface area (Å²) in [4.78, 5) is 0. The first-order valence-corrected chi connectivity index (χ1v) is 4.22. The van der Waals surface area contributed by atoms with E-state index in [0.29, 0.717) is 6.54 Å². The zero-order valence-electron chi connectivity index (χ0n) is 6.27. The summed E-state index contributed by atoms with van der Waals surface area (Å²) in [5.41, 5.74) is 2.08. The number of rotatable bonds is 2. The van der Waals surface area contributed by atoms with E-state index in [1.807, 2.05) is 21.7 Å². The first kappa shape index (κ1) is 8.45. The average Bonchev–Trinajstić information content (AvgIpc) is 2.59. The minimum atomic E-state index is 0.161. The zero-order valence-corrected chi connectivity index (χ0v) is 7.08. The van der Waals surface area contributed by atoms with E-state index in [1.165, 1.54) is 0 Å². The molecule has 0 spiro atoms. The van der Waals surface area contributed by atoms with Gasteiger partial charge in [-0.3, -0.25) is 0 Å². The molecule has 0 saturated carbocycles. The molecule has 0 aliphatic carbocycles. The summed E-state index contributed by atoms with van der Waals surface area (Å²) in [6.07, 6.45) is 3.50. The third-order valence-electron chi connectivity index (χ3n) is 1.27. The van der Waals surface area contributed by atoms with Gasteiger partial charge in [-0.05, 0) is 0 Å². The third kappa shape index (κ3) is 2.19. The Morgan fingerprint density at radius 3 is 2.75 bits per heavy atom. The number of allylic oxidation sites excluding steroid dienone is 2. The Bertz CT molecular complexity index is 335. The van der Waals surface area contributed by atoms with Crippen molar-refractivity contribution in [2.24, 2.45) is 0 Å². The topological polar surface area (TPSA) is 51.5 Å². The van der Waals surface area contributed by atoms with Crippen molar-refractivity contribution in [3.63, 3.8) is 0 Å². The van der Waals surface area contributed by atoms with Gasteiger partial charge in [-0.15, -0.1) is 0 Å². The number of nitriles is 2. The molecule has 0 atom stereocenters. The second kappa shape index (κ2) is 4.27. The van der Waals surface area contributed by atoms with Gasteiger partial charge in [0.2, 0.25) is 5.51 Å². The summed E-state index contributed by atoms with van der Waals surface area (Å²) in [6, 6.07) is 3.61. The van der Waals surface area contributed by atoms with Crippen molar-refractivity contribution >= 4 is 11.3 Å². The number of thiazole rings is 1. The average molecular weight is 176 g/mol. The van der Waals surface area contributed by atoms with Gasteiger partial charge in [0.05, 0.1) is 5.38 Å². The van der Waals surface area contributed by atoms with Crippen molar-refractivity contribution in [2.45, 2.75) is 6.54 Å². The van der Waals surface area contributed by atoms with E-state index in [-0.39, 0.29) is 5.57 Å². The van der Waals surface area contributed by atoms with Crippen molar-refractivity contribution in [1.82, 2.24) is 0 Å². The molecule has 1 heterocycles. The molecule has 0 unspecified atom stereocenters. The van der Waals surface area contributed by atoms with Crippen LogP contribution in [0.1, 0.15) is 0 Å². The van der Waals surface area contributed by atoms with Crippen LogP contribution in [0.25, 0.3) is 0 Å². The maximum absolute atomic E-state index is 8.41. The van der Waals surface area contributed by atoms with Gasteiger partial charge in [0.15, 0.2) is 12.7 Å². The van der Waals surface area contributed by atoms with E-state index in [1.54, 1.807) is 29.6 Å². The highest BCUT2D eigenvalue weighted by atomic mass is 32.1. The van der Waals surface area contributed by atoms with Crippen LogP contribution < -0.4 is 4.57 Å². The van der Waals surface area contributed by atoms with E-state index < -0.39 is 0 Å². The molecule has 1 rings (SSSR count). The van der Waals surface area contributed by atoms with Crippen LogP contribution in [-0.2, 0) is 6.54 Å². The standard InChI is InChI=1S/C8H6N3S/c9-5-8(6-10)1-2-11-3-4-12-7-11/h1,3-4,7H,2H2/q+1. The Morgan fingerprint density at radius 2 is 2.25 bits per heavy atom. The second-order valence-electron chi connectivity index (χ2n) is 2.06. The molecular formula is C8H6N3S+. The fraction of sp³-hybridized carbons (Fsp3) is 0.125. The predicted octanol–water partition coefficient (Wildman–Crippen LogP) is 1.01. The normalized spacial score (nSPS) is 8.17. The maximum Gasteiger partial charge on any atom is 0.224 e. The van der Waals surface area contributed by atoms with Crippen LogP contribution in [0.2, 0.25) is 0 Å². The molecule has 58 valence electrons. The first-order chi connectivity index (χ1) is 5.86. The molecule has 0 saturated heterocycles. The fourth-order valence-corrected chi connectivity index (χ4v) is 1.29. The lowest BCUT2D eigenvalue weighted by Gasteiger charge is -1.82. The van der Waals surface area contributed by atoms with E-state index in [2.05, 4.69) is 0 Å². The Hall–Kier alpha value is -1.65. The van der Waals surface area contributed by atoms with Gasteiger partial charge in [0.25, 0.3) is 0 Å². The monoisotopic (exact) mass is 176 g/mol. The quantitative estimate of drug-likeness (QED) is 0.498. The third-order valence-corrected chi connectivity index (χ3v) is 1.95. The molecule has 0 fully saturated rings. The molecule has 0 radical (unpaired) electrons. The highest BCUT2D eigenvalue weighted by Crippen LogP contribution is 1.91. The van der Waals surface area contributed by atoms with Gasteiger partial charge in [0, 0.05) is 6.08 Å². The SMILES string of the molecule is N#CC(C#N)=CC[n+]1ccsc1. The molecule has 0 aliphatic heterocycles. The molecular weight excluding hydrogens is 170 g/mol. The van der Waals surface area contributed by atoms with Gasteiger partial charge >= 0.3 is 0 Å². The summed E-state index contributed by atoms with van der Waals surface area (Å²) >= 11 is 1.57. The number of hydrogen-bond acceptors (Lipinski definition) is 3. The van der Waals surface area contributed by atoms with Crippen LogP contribution in [0.5, 0.6) is 0 Å². The zero-order chi connectivity index (χ0) is 8.81. The van der Waals surface area contributed by atoms with Crippen molar-refractivity contribution in [2.75, 3.05) is 0 Å². The Morgan fingerprint density at radius 1 is 1.50 bits per heavy atom. The van der Waals surface area contributed by atoms with Gasteiger partial charge < -0.3 is 0 Å². The van der Waals surface area contributed by atoms with E-state index in [0.717, 1.165) is 0 Å². The van der Waals surface area contributed by atoms with E-state index in [9.17, 15) is 0 Å². The highest BCUT2D eigenvalue weighted by Gasteiger charge is 1.97. The lowest BCUT2D eigenvalue weighted by Crippen LogP contribution is -2.28. The highest BCUT2D eigenvalue weighted by molar-refractivity contribution is 7.07. The molecule has 0 bridgehead atoms. The molecule has 1 aromatic heterocycles. The van der Waals surface area contributed by atoms with Crippen LogP contribution >= 0.6 is 11.3 Å². The Labute approximate surface area is 74.4 Å². The molecule has 0 aliphatic rings. The van der Waals surface area contributed by atoms with E-state index >= 15 is 0 Å². The summed E-state index contributed by atoms with van der Waals surface area (Å²) in [5, 5.41) is 18.8. The summed E-state index contributed by atoms with van der Waals surface area (Å²) in [7, 11) is 0. The Kier molecular flexibility index (Phi) is 3.01. The molecule has 4 heteroatoms. The predicted molar refractivity (Wildman–Crippen MR) is 43.8 cm³/mol. The minimum Gasteiger partial charge on any atom is -0.192 e. The molecule has 0 N–H and O–H groups in total. The smallest absolute Gasteiger partial charge is 0.192 e. The van der Waals surface area contributed by atoms with Crippen LogP contribution in [0.3, 0.4) is 0 Å². The Balaban J connectivity index is 2.63. The van der Waals surface area contributed by atoms with Crippen molar-refractivity contribution in [3.05, 3.63) is 28.7 Å². The van der Waals surface area contributed by atoms with Gasteiger partial charge in [-0.25, -0.2) is 0 Å². The van der Waals surface area contributed by atoms with Crippen molar-refractivity contribution < 1.29 is 4.57 Å². The summed E-state index contributed by atoms with van der Waals surface area (Å²) in [5.74, 6) is 0. The molecule has 12 heavy (non-hydrogen) atoms. The van der Waals surface area contributed by atoms with Crippen LogP contribution in [0, 0.1) is 22.7 Å². The lowest BCUT2D eigenvalue weighted by atomic mass is 10.3. The molecule has 3 nitrogen and oxygen atoms in total. The second-order valence-corrected chi connectivity index (χ2v) is 2.82. The minimum absolute atomic E-state index is 0.161. The van der Waals surface area contributed by atoms with Crippen molar-refractivity contribution in [3.8, 4) is 12.1 Å². The summed E-state index contributed by atoms with van der Waals surface area (Å²) < 4.78 is 1.90. The molecule has 0 amide bonds. The van der Waals surface area contributed by atoms with Gasteiger partial charge in [0.1, 0.15) is 17.7 Å². The van der Waals surface area contributed by atoms with Crippen LogP contribution in [0.4, 0.5) is 0 Å². The van der Waals surface area contributed by atoms with E-state index in [4.69, 9.17) is 10.5 Å². The molecule has 0 aromatic carbocycles. The van der Waals surface area contributed by atoms with Gasteiger partial charge in [-0.1, -0.05) is 11.3 Å². The van der Waals surface area contributed by atoms with Crippen LogP contribution in [-0.4, -0.2) is 0 Å². The number of nitrogens with zero attached hydrogens (tertiary/aromatic N) is 3.